The van der Waals surface area contributed by atoms with Gasteiger partial charge in [-0.1, -0.05) is 25.3 Å². The van der Waals surface area contributed by atoms with Gasteiger partial charge in [-0.2, -0.15) is 0 Å². The third-order valence-electron chi connectivity index (χ3n) is 4.94. The highest BCUT2D eigenvalue weighted by Crippen LogP contribution is 2.43. The third kappa shape index (κ3) is 2.40. The van der Waals surface area contributed by atoms with Gasteiger partial charge in [0.15, 0.2) is 0 Å². The summed E-state index contributed by atoms with van der Waals surface area (Å²) in [6.07, 6.45) is 6.49. The Bertz CT molecular complexity index is 451. The lowest BCUT2D eigenvalue weighted by Crippen LogP contribution is -2.47. The molecule has 1 aliphatic heterocycles. The molecule has 1 aromatic heterocycles. The summed E-state index contributed by atoms with van der Waals surface area (Å²) in [6.45, 7) is 1.76. The molecule has 1 aliphatic carbocycles. The fraction of sp³-hybridized carbons (Fsp3) is 0.688. The SMILES string of the molecule is O=C(N1CCC(CO)C1)C1(c2cccs2)CCCCC1. The number of nitrogens with zero attached hydrogens (tertiary/aromatic N) is 1. The van der Waals surface area contributed by atoms with Gasteiger partial charge in [0.05, 0.1) is 5.41 Å². The van der Waals surface area contributed by atoms with Crippen LogP contribution in [-0.4, -0.2) is 35.6 Å². The van der Waals surface area contributed by atoms with Gasteiger partial charge in [0.2, 0.25) is 5.91 Å². The molecule has 1 atom stereocenters. The minimum atomic E-state index is -0.267. The molecule has 2 heterocycles. The van der Waals surface area contributed by atoms with E-state index in [0.29, 0.717) is 5.91 Å². The van der Waals surface area contributed by atoms with Crippen LogP contribution in [0.4, 0.5) is 0 Å². The Morgan fingerprint density at radius 3 is 2.80 bits per heavy atom. The van der Waals surface area contributed by atoms with E-state index in [-0.39, 0.29) is 17.9 Å². The average molecular weight is 293 g/mol. The quantitative estimate of drug-likeness (QED) is 0.931. The highest BCUT2D eigenvalue weighted by atomic mass is 32.1. The molecule has 0 spiro atoms. The highest BCUT2D eigenvalue weighted by molar-refractivity contribution is 7.10. The Morgan fingerprint density at radius 1 is 1.40 bits per heavy atom. The number of aliphatic hydroxyl groups excluding tert-OH is 1. The van der Waals surface area contributed by atoms with Crippen molar-refractivity contribution in [1.82, 2.24) is 4.90 Å². The molecule has 0 bridgehead atoms. The summed E-state index contributed by atoms with van der Waals surface area (Å²) in [5.41, 5.74) is -0.267. The predicted molar refractivity (Wildman–Crippen MR) is 80.9 cm³/mol. The van der Waals surface area contributed by atoms with Gasteiger partial charge in [-0.15, -0.1) is 11.3 Å². The van der Waals surface area contributed by atoms with Crippen LogP contribution >= 0.6 is 11.3 Å². The van der Waals surface area contributed by atoms with Crippen LogP contribution in [0.15, 0.2) is 17.5 Å². The molecule has 1 aromatic rings. The molecule has 3 rings (SSSR count). The maximum absolute atomic E-state index is 13.1. The number of amides is 1. The van der Waals surface area contributed by atoms with E-state index in [4.69, 9.17) is 0 Å². The zero-order valence-corrected chi connectivity index (χ0v) is 12.7. The molecule has 1 saturated heterocycles. The number of hydrogen-bond donors (Lipinski definition) is 1. The standard InChI is InChI=1S/C16H23NO2S/c18-12-13-6-9-17(11-13)15(19)16(7-2-1-3-8-16)14-5-4-10-20-14/h4-5,10,13,18H,1-3,6-9,11-12H2. The molecule has 0 radical (unpaired) electrons. The summed E-state index contributed by atoms with van der Waals surface area (Å²) in [4.78, 5) is 16.4. The minimum absolute atomic E-state index is 0.204. The Kier molecular flexibility index (Phi) is 4.13. The Hall–Kier alpha value is -0.870. The molecule has 20 heavy (non-hydrogen) atoms. The van der Waals surface area contributed by atoms with Crippen LogP contribution in [0.3, 0.4) is 0 Å². The first-order valence-corrected chi connectivity index (χ1v) is 8.58. The molecule has 2 fully saturated rings. The number of carbonyl (C=O) groups excluding carboxylic acids is 1. The Balaban J connectivity index is 1.84. The summed E-state index contributed by atoms with van der Waals surface area (Å²) in [5.74, 6) is 0.596. The molecule has 0 aromatic carbocycles. The smallest absolute Gasteiger partial charge is 0.234 e. The second-order valence-electron chi connectivity index (χ2n) is 6.21. The lowest BCUT2D eigenvalue weighted by molar-refractivity contribution is -0.137. The van der Waals surface area contributed by atoms with Gasteiger partial charge >= 0.3 is 0 Å². The van der Waals surface area contributed by atoms with Crippen molar-refractivity contribution in [2.75, 3.05) is 19.7 Å². The fourth-order valence-electron chi connectivity index (χ4n) is 3.74. The Labute approximate surface area is 124 Å². The van der Waals surface area contributed by atoms with Crippen molar-refractivity contribution in [2.24, 2.45) is 5.92 Å². The zero-order valence-electron chi connectivity index (χ0n) is 11.9. The predicted octanol–water partition coefficient (Wildman–Crippen LogP) is 2.79. The molecular formula is C16H23NO2S. The van der Waals surface area contributed by atoms with Crippen molar-refractivity contribution in [3.05, 3.63) is 22.4 Å². The lowest BCUT2D eigenvalue weighted by atomic mass is 9.72. The highest BCUT2D eigenvalue weighted by Gasteiger charge is 2.45. The van der Waals surface area contributed by atoms with Gasteiger partial charge < -0.3 is 10.0 Å². The van der Waals surface area contributed by atoms with E-state index in [1.165, 1.54) is 11.3 Å². The van der Waals surface area contributed by atoms with Crippen molar-refractivity contribution >= 4 is 17.2 Å². The van der Waals surface area contributed by atoms with Crippen LogP contribution in [-0.2, 0) is 10.2 Å². The van der Waals surface area contributed by atoms with Gasteiger partial charge in [0.25, 0.3) is 0 Å². The lowest BCUT2D eigenvalue weighted by Gasteiger charge is -2.38. The summed E-state index contributed by atoms with van der Waals surface area (Å²) in [5, 5.41) is 11.4. The van der Waals surface area contributed by atoms with Crippen molar-refractivity contribution in [1.29, 1.82) is 0 Å². The van der Waals surface area contributed by atoms with Crippen LogP contribution in [0.1, 0.15) is 43.4 Å². The van der Waals surface area contributed by atoms with Crippen LogP contribution < -0.4 is 0 Å². The number of likely N-dealkylation sites (tertiary alicyclic amines) is 1. The average Bonchev–Trinajstić information content (AvgIpc) is 3.18. The second kappa shape index (κ2) is 5.86. The summed E-state index contributed by atoms with van der Waals surface area (Å²) in [6, 6.07) is 4.19. The summed E-state index contributed by atoms with van der Waals surface area (Å²) in [7, 11) is 0. The van der Waals surface area contributed by atoms with Crippen LogP contribution in [0.2, 0.25) is 0 Å². The van der Waals surface area contributed by atoms with Gasteiger partial charge in [0, 0.05) is 30.5 Å². The molecule has 1 saturated carbocycles. The number of aliphatic hydroxyl groups is 1. The van der Waals surface area contributed by atoms with E-state index < -0.39 is 0 Å². The number of thiophene rings is 1. The third-order valence-corrected chi connectivity index (χ3v) is 6.01. The summed E-state index contributed by atoms with van der Waals surface area (Å²) < 4.78 is 0. The maximum Gasteiger partial charge on any atom is 0.234 e. The van der Waals surface area contributed by atoms with Crippen molar-refractivity contribution in [3.8, 4) is 0 Å². The molecular weight excluding hydrogens is 270 g/mol. The normalized spacial score (nSPS) is 25.9. The van der Waals surface area contributed by atoms with Crippen molar-refractivity contribution < 1.29 is 9.90 Å². The minimum Gasteiger partial charge on any atom is -0.396 e. The largest absolute Gasteiger partial charge is 0.396 e. The van der Waals surface area contributed by atoms with E-state index in [0.717, 1.165) is 45.2 Å². The van der Waals surface area contributed by atoms with Crippen LogP contribution in [0, 0.1) is 5.92 Å². The molecule has 4 heteroatoms. The van der Waals surface area contributed by atoms with Gasteiger partial charge in [-0.3, -0.25) is 4.79 Å². The van der Waals surface area contributed by atoms with E-state index in [1.807, 2.05) is 4.90 Å². The number of hydrogen-bond acceptors (Lipinski definition) is 3. The van der Waals surface area contributed by atoms with E-state index in [1.54, 1.807) is 11.3 Å². The second-order valence-corrected chi connectivity index (χ2v) is 7.16. The molecule has 3 nitrogen and oxygen atoms in total. The van der Waals surface area contributed by atoms with E-state index >= 15 is 0 Å². The molecule has 1 N–H and O–H groups in total. The molecule has 2 aliphatic rings. The first kappa shape index (κ1) is 14.1. The number of carbonyl (C=O) groups is 1. The van der Waals surface area contributed by atoms with E-state index in [9.17, 15) is 9.90 Å². The summed E-state index contributed by atoms with van der Waals surface area (Å²) >= 11 is 1.73. The monoisotopic (exact) mass is 293 g/mol. The first-order valence-electron chi connectivity index (χ1n) is 7.70. The van der Waals surface area contributed by atoms with Crippen LogP contribution in [0.5, 0.6) is 0 Å². The van der Waals surface area contributed by atoms with Crippen molar-refractivity contribution in [3.63, 3.8) is 0 Å². The van der Waals surface area contributed by atoms with Crippen molar-refractivity contribution in [2.45, 2.75) is 43.9 Å². The van der Waals surface area contributed by atoms with E-state index in [2.05, 4.69) is 17.5 Å². The van der Waals surface area contributed by atoms with Gasteiger partial charge in [-0.25, -0.2) is 0 Å². The van der Waals surface area contributed by atoms with Gasteiger partial charge in [0.1, 0.15) is 0 Å². The molecule has 1 amide bonds. The topological polar surface area (TPSA) is 40.5 Å². The van der Waals surface area contributed by atoms with Gasteiger partial charge in [-0.05, 0) is 30.7 Å². The zero-order chi connectivity index (χ0) is 14.0. The Morgan fingerprint density at radius 2 is 2.20 bits per heavy atom. The number of rotatable bonds is 3. The maximum atomic E-state index is 13.1. The molecule has 110 valence electrons. The fourth-order valence-corrected chi connectivity index (χ4v) is 4.72. The van der Waals surface area contributed by atoms with Crippen LogP contribution in [0.25, 0.3) is 0 Å². The first-order chi connectivity index (χ1) is 9.76. The molecule has 1 unspecified atom stereocenters.